The fraction of sp³-hybridized carbons (Fsp3) is 0.429. The summed E-state index contributed by atoms with van der Waals surface area (Å²) in [4.78, 5) is 37.3. The largest absolute Gasteiger partial charge is 0.492 e. The lowest BCUT2D eigenvalue weighted by atomic mass is 9.78. The molecule has 11 heteroatoms. The molecule has 0 saturated heterocycles. The van der Waals surface area contributed by atoms with Gasteiger partial charge in [0.05, 0.1) is 47.8 Å². The number of ether oxygens (including phenoxy) is 3. The van der Waals surface area contributed by atoms with Crippen molar-refractivity contribution in [1.29, 1.82) is 5.26 Å². The molecule has 1 aromatic carbocycles. The number of rotatable bonds is 10. The predicted molar refractivity (Wildman–Crippen MR) is 119 cm³/mol. The van der Waals surface area contributed by atoms with Crippen molar-refractivity contribution in [3.05, 3.63) is 39.4 Å². The van der Waals surface area contributed by atoms with E-state index < -0.39 is 23.7 Å². The molecule has 1 aliphatic heterocycles. The molecule has 0 spiro atoms. The van der Waals surface area contributed by atoms with Crippen molar-refractivity contribution in [2.75, 3.05) is 39.7 Å². The van der Waals surface area contributed by atoms with Crippen molar-refractivity contribution in [3.63, 3.8) is 0 Å². The highest BCUT2D eigenvalue weighted by Crippen LogP contribution is 2.41. The second-order valence-corrected chi connectivity index (χ2v) is 7.97. The molecular formula is C21H24ClN3O6S. The molecule has 32 heavy (non-hydrogen) atoms. The number of hydrogen-bond donors (Lipinski definition) is 2. The molecule has 1 aliphatic rings. The van der Waals surface area contributed by atoms with E-state index in [9.17, 15) is 19.6 Å². The van der Waals surface area contributed by atoms with Crippen molar-refractivity contribution >= 4 is 41.1 Å². The van der Waals surface area contributed by atoms with Crippen molar-refractivity contribution in [1.82, 2.24) is 10.6 Å². The second-order valence-electron chi connectivity index (χ2n) is 6.58. The Morgan fingerprint density at radius 2 is 2.09 bits per heavy atom. The standard InChI is InChI=1S/C21H24ClN3O6S/c1-4-31-15-6-5-12(9-14(15)22)17-13(10-23)20(25-19(27)18(17)21(28)30-3)32-11-16(26)24-7-8-29-2/h5-6,9,17-18H,4,7-8,11H2,1-3H3,(H,24,26)(H,25,27)/t17-,18+/m1/s1. The van der Waals surface area contributed by atoms with Gasteiger partial charge in [0.2, 0.25) is 11.8 Å². The van der Waals surface area contributed by atoms with Crippen LogP contribution in [0.15, 0.2) is 28.8 Å². The normalized spacial score (nSPS) is 17.9. The van der Waals surface area contributed by atoms with E-state index in [1.807, 2.05) is 6.92 Å². The topological polar surface area (TPSA) is 127 Å². The maximum atomic E-state index is 12.8. The van der Waals surface area contributed by atoms with E-state index in [0.717, 1.165) is 11.8 Å². The molecule has 2 N–H and O–H groups in total. The highest BCUT2D eigenvalue weighted by Gasteiger charge is 2.44. The summed E-state index contributed by atoms with van der Waals surface area (Å²) in [6, 6.07) is 6.90. The molecule has 0 saturated carbocycles. The van der Waals surface area contributed by atoms with E-state index >= 15 is 0 Å². The lowest BCUT2D eigenvalue weighted by molar-refractivity contribution is -0.150. The van der Waals surface area contributed by atoms with Crippen LogP contribution in [0.1, 0.15) is 18.4 Å². The monoisotopic (exact) mass is 481 g/mol. The van der Waals surface area contributed by atoms with E-state index in [4.69, 9.17) is 25.8 Å². The molecule has 2 rings (SSSR count). The van der Waals surface area contributed by atoms with Crippen LogP contribution in [0.3, 0.4) is 0 Å². The second kappa shape index (κ2) is 12.3. The van der Waals surface area contributed by atoms with Crippen LogP contribution in [0.4, 0.5) is 0 Å². The Balaban J connectivity index is 2.42. The van der Waals surface area contributed by atoms with Gasteiger partial charge in [0.25, 0.3) is 0 Å². The quantitative estimate of drug-likeness (QED) is 0.295. The zero-order valence-corrected chi connectivity index (χ0v) is 19.5. The van der Waals surface area contributed by atoms with Crippen LogP contribution in [0.25, 0.3) is 0 Å². The molecule has 0 fully saturated rings. The third-order valence-corrected chi connectivity index (χ3v) is 5.89. The van der Waals surface area contributed by atoms with E-state index in [1.54, 1.807) is 18.2 Å². The molecule has 0 unspecified atom stereocenters. The number of benzene rings is 1. The average molecular weight is 482 g/mol. The number of amides is 2. The summed E-state index contributed by atoms with van der Waals surface area (Å²) in [6.07, 6.45) is 0. The summed E-state index contributed by atoms with van der Waals surface area (Å²) in [7, 11) is 2.69. The van der Waals surface area contributed by atoms with E-state index in [2.05, 4.69) is 16.7 Å². The van der Waals surface area contributed by atoms with Gasteiger partial charge in [-0.05, 0) is 24.6 Å². The van der Waals surface area contributed by atoms with Gasteiger partial charge in [-0.3, -0.25) is 14.4 Å². The average Bonchev–Trinajstić information content (AvgIpc) is 2.78. The lowest BCUT2D eigenvalue weighted by Crippen LogP contribution is -2.44. The Morgan fingerprint density at radius 1 is 1.34 bits per heavy atom. The highest BCUT2D eigenvalue weighted by atomic mass is 35.5. The van der Waals surface area contributed by atoms with Gasteiger partial charge in [-0.15, -0.1) is 0 Å². The molecule has 2 amide bonds. The van der Waals surface area contributed by atoms with Gasteiger partial charge in [0.1, 0.15) is 11.7 Å². The number of nitrogens with zero attached hydrogens (tertiary/aromatic N) is 1. The molecule has 0 radical (unpaired) electrons. The molecule has 2 atom stereocenters. The Labute approximate surface area is 195 Å². The summed E-state index contributed by atoms with van der Waals surface area (Å²) in [6.45, 7) is 2.92. The molecule has 9 nitrogen and oxygen atoms in total. The number of halogens is 1. The smallest absolute Gasteiger partial charge is 0.319 e. The van der Waals surface area contributed by atoms with Crippen LogP contribution in [0, 0.1) is 17.2 Å². The van der Waals surface area contributed by atoms with Crippen molar-refractivity contribution in [2.24, 2.45) is 5.92 Å². The summed E-state index contributed by atoms with van der Waals surface area (Å²) >= 11 is 7.30. The predicted octanol–water partition coefficient (Wildman–Crippen LogP) is 1.97. The van der Waals surface area contributed by atoms with E-state index in [0.29, 0.717) is 31.1 Å². The number of carbonyl (C=O) groups is 3. The number of carbonyl (C=O) groups excluding carboxylic acids is 3. The summed E-state index contributed by atoms with van der Waals surface area (Å²) in [5.41, 5.74) is 0.609. The number of methoxy groups -OCH3 is 2. The number of hydrogen-bond acceptors (Lipinski definition) is 8. The molecule has 1 heterocycles. The first-order valence-electron chi connectivity index (χ1n) is 9.71. The first kappa shape index (κ1) is 25.5. The van der Waals surface area contributed by atoms with Gasteiger partial charge in [-0.1, -0.05) is 29.4 Å². The first-order valence-corrected chi connectivity index (χ1v) is 11.1. The Kier molecular flexibility index (Phi) is 9.84. The van der Waals surface area contributed by atoms with Gasteiger partial charge in [-0.25, -0.2) is 0 Å². The molecule has 0 bridgehead atoms. The van der Waals surface area contributed by atoms with Crippen LogP contribution in [0.5, 0.6) is 5.75 Å². The van der Waals surface area contributed by atoms with Gasteiger partial charge < -0.3 is 24.8 Å². The molecule has 0 aromatic heterocycles. The fourth-order valence-electron chi connectivity index (χ4n) is 3.14. The van der Waals surface area contributed by atoms with Crippen LogP contribution in [-0.2, 0) is 23.9 Å². The van der Waals surface area contributed by atoms with Crippen LogP contribution >= 0.6 is 23.4 Å². The molecule has 1 aromatic rings. The Morgan fingerprint density at radius 3 is 2.69 bits per heavy atom. The number of nitrogens with one attached hydrogen (secondary N) is 2. The molecule has 172 valence electrons. The van der Waals surface area contributed by atoms with Crippen molar-refractivity contribution in [2.45, 2.75) is 12.8 Å². The first-order chi connectivity index (χ1) is 15.4. The van der Waals surface area contributed by atoms with E-state index in [-0.39, 0.29) is 27.3 Å². The summed E-state index contributed by atoms with van der Waals surface area (Å²) in [5, 5.41) is 15.6. The van der Waals surface area contributed by atoms with Crippen molar-refractivity contribution < 1.29 is 28.6 Å². The van der Waals surface area contributed by atoms with Gasteiger partial charge in [0, 0.05) is 19.6 Å². The van der Waals surface area contributed by atoms with Gasteiger partial charge >= 0.3 is 5.97 Å². The third kappa shape index (κ3) is 6.16. The molecular weight excluding hydrogens is 458 g/mol. The number of thioether (sulfide) groups is 1. The van der Waals surface area contributed by atoms with Gasteiger partial charge in [0.15, 0.2) is 0 Å². The van der Waals surface area contributed by atoms with Crippen LogP contribution in [0.2, 0.25) is 5.02 Å². The maximum absolute atomic E-state index is 12.8. The van der Waals surface area contributed by atoms with Crippen LogP contribution < -0.4 is 15.4 Å². The third-order valence-electron chi connectivity index (χ3n) is 4.57. The Bertz CT molecular complexity index is 946. The number of nitriles is 1. The lowest BCUT2D eigenvalue weighted by Gasteiger charge is -2.31. The fourth-order valence-corrected chi connectivity index (χ4v) is 4.27. The number of esters is 1. The van der Waals surface area contributed by atoms with Gasteiger partial charge in [-0.2, -0.15) is 5.26 Å². The minimum atomic E-state index is -1.29. The zero-order chi connectivity index (χ0) is 23.7. The highest BCUT2D eigenvalue weighted by molar-refractivity contribution is 8.03. The summed E-state index contributed by atoms with van der Waals surface area (Å²) in [5.74, 6) is -3.53. The maximum Gasteiger partial charge on any atom is 0.319 e. The minimum absolute atomic E-state index is 0.0375. The minimum Gasteiger partial charge on any atom is -0.492 e. The zero-order valence-electron chi connectivity index (χ0n) is 17.9. The van der Waals surface area contributed by atoms with Crippen LogP contribution in [-0.4, -0.2) is 57.5 Å². The molecule has 0 aliphatic carbocycles. The van der Waals surface area contributed by atoms with E-state index in [1.165, 1.54) is 14.2 Å². The van der Waals surface area contributed by atoms with Crippen molar-refractivity contribution in [3.8, 4) is 11.8 Å². The Hall–Kier alpha value is -2.74. The number of allylic oxidation sites excluding steroid dienone is 1. The summed E-state index contributed by atoms with van der Waals surface area (Å²) < 4.78 is 15.1. The SMILES string of the molecule is CCOc1ccc([C@@H]2C(C#N)=C(SCC(=O)NCCOC)NC(=O)[C@H]2C(=O)OC)cc1Cl.